The number of hydrogen-bond donors (Lipinski definition) is 0. The van der Waals surface area contributed by atoms with Crippen molar-refractivity contribution in [1.29, 1.82) is 0 Å². The van der Waals surface area contributed by atoms with Gasteiger partial charge in [0, 0.05) is 23.9 Å². The SMILES string of the molecule is Cc1nc2cc(C[C@H]3CC[C@H](C(=O)N4OCC[C@H]4c4csc(C)n4)CC3)ccn2n1. The van der Waals surface area contributed by atoms with Crippen molar-refractivity contribution in [3.8, 4) is 0 Å². The first-order valence-corrected chi connectivity index (χ1v) is 11.6. The molecular formula is C22H27N5O2S. The van der Waals surface area contributed by atoms with Gasteiger partial charge in [0.05, 0.1) is 17.3 Å². The van der Waals surface area contributed by atoms with Crippen LogP contribution in [0.2, 0.25) is 0 Å². The van der Waals surface area contributed by atoms with Crippen LogP contribution < -0.4 is 0 Å². The Kier molecular flexibility index (Phi) is 5.28. The summed E-state index contributed by atoms with van der Waals surface area (Å²) < 4.78 is 1.82. The lowest BCUT2D eigenvalue weighted by Crippen LogP contribution is -2.36. The molecule has 3 aromatic heterocycles. The predicted molar refractivity (Wildman–Crippen MR) is 114 cm³/mol. The summed E-state index contributed by atoms with van der Waals surface area (Å²) in [5, 5.41) is 9.06. The van der Waals surface area contributed by atoms with E-state index in [0.29, 0.717) is 12.5 Å². The molecule has 1 aliphatic carbocycles. The minimum Gasteiger partial charge on any atom is -0.272 e. The van der Waals surface area contributed by atoms with Crippen LogP contribution in [0, 0.1) is 25.7 Å². The molecule has 1 aliphatic heterocycles. The van der Waals surface area contributed by atoms with E-state index in [0.717, 1.165) is 60.7 Å². The fraction of sp³-hybridized carbons (Fsp3) is 0.545. The van der Waals surface area contributed by atoms with E-state index in [9.17, 15) is 4.79 Å². The van der Waals surface area contributed by atoms with Gasteiger partial charge in [-0.25, -0.2) is 19.5 Å². The lowest BCUT2D eigenvalue weighted by Gasteiger charge is -2.31. The zero-order valence-electron chi connectivity index (χ0n) is 17.5. The fourth-order valence-electron chi connectivity index (χ4n) is 4.78. The lowest BCUT2D eigenvalue weighted by molar-refractivity contribution is -0.183. The van der Waals surface area contributed by atoms with Crippen molar-refractivity contribution in [3.05, 3.63) is 45.8 Å². The van der Waals surface area contributed by atoms with Crippen LogP contribution in [-0.2, 0) is 16.1 Å². The molecule has 2 aliphatic rings. The average molecular weight is 426 g/mol. The number of pyridine rings is 1. The number of carbonyl (C=O) groups is 1. The Labute approximate surface area is 180 Å². The summed E-state index contributed by atoms with van der Waals surface area (Å²) >= 11 is 1.63. The number of hydrogen-bond acceptors (Lipinski definition) is 6. The first kappa shape index (κ1) is 19.6. The Morgan fingerprint density at radius 3 is 2.80 bits per heavy atom. The van der Waals surface area contributed by atoms with E-state index in [2.05, 4.69) is 32.6 Å². The maximum Gasteiger partial charge on any atom is 0.249 e. The van der Waals surface area contributed by atoms with Gasteiger partial charge in [-0.15, -0.1) is 11.3 Å². The van der Waals surface area contributed by atoms with Crippen LogP contribution in [0.1, 0.15) is 60.2 Å². The highest BCUT2D eigenvalue weighted by Crippen LogP contribution is 2.37. The van der Waals surface area contributed by atoms with Gasteiger partial charge in [0.2, 0.25) is 5.91 Å². The Bertz CT molecular complexity index is 1050. The Hall–Kier alpha value is -2.32. The third-order valence-corrected chi connectivity index (χ3v) is 7.12. The molecule has 5 rings (SSSR count). The number of thiazole rings is 1. The van der Waals surface area contributed by atoms with Gasteiger partial charge in [-0.3, -0.25) is 9.63 Å². The van der Waals surface area contributed by atoms with Crippen LogP contribution in [0.4, 0.5) is 0 Å². The van der Waals surface area contributed by atoms with Gasteiger partial charge in [-0.1, -0.05) is 0 Å². The molecule has 0 unspecified atom stereocenters. The first-order chi connectivity index (χ1) is 14.6. The van der Waals surface area contributed by atoms with Crippen LogP contribution in [-0.4, -0.2) is 37.2 Å². The molecule has 1 atom stereocenters. The third kappa shape index (κ3) is 3.86. The minimum absolute atomic E-state index is 0.0292. The van der Waals surface area contributed by atoms with E-state index in [1.165, 1.54) is 5.56 Å². The molecule has 1 amide bonds. The van der Waals surface area contributed by atoms with Gasteiger partial charge < -0.3 is 0 Å². The van der Waals surface area contributed by atoms with E-state index in [1.54, 1.807) is 16.4 Å². The highest BCUT2D eigenvalue weighted by Gasteiger charge is 2.38. The normalized spacial score (nSPS) is 24.6. The minimum atomic E-state index is -0.0292. The third-order valence-electron chi connectivity index (χ3n) is 6.33. The second kappa shape index (κ2) is 8.07. The quantitative estimate of drug-likeness (QED) is 0.630. The van der Waals surface area contributed by atoms with Crippen molar-refractivity contribution in [3.63, 3.8) is 0 Å². The van der Waals surface area contributed by atoms with Crippen molar-refractivity contribution in [2.75, 3.05) is 6.61 Å². The van der Waals surface area contributed by atoms with Gasteiger partial charge in [0.25, 0.3) is 0 Å². The van der Waals surface area contributed by atoms with Crippen LogP contribution in [0.15, 0.2) is 23.7 Å². The van der Waals surface area contributed by atoms with Crippen LogP contribution in [0.5, 0.6) is 0 Å². The number of aromatic nitrogens is 4. The van der Waals surface area contributed by atoms with Crippen molar-refractivity contribution in [1.82, 2.24) is 24.6 Å². The summed E-state index contributed by atoms with van der Waals surface area (Å²) in [5.74, 6) is 1.60. The number of carbonyl (C=O) groups excluding carboxylic acids is 1. The van der Waals surface area contributed by atoms with E-state index < -0.39 is 0 Å². The van der Waals surface area contributed by atoms with E-state index in [1.807, 2.05) is 24.6 Å². The van der Waals surface area contributed by atoms with E-state index >= 15 is 0 Å². The summed E-state index contributed by atoms with van der Waals surface area (Å²) in [7, 11) is 0. The summed E-state index contributed by atoms with van der Waals surface area (Å²) in [5.41, 5.74) is 3.17. The van der Waals surface area contributed by atoms with Crippen molar-refractivity contribution < 1.29 is 9.63 Å². The molecule has 158 valence electrons. The molecule has 1 saturated heterocycles. The molecule has 0 bridgehead atoms. The highest BCUT2D eigenvalue weighted by atomic mass is 32.1. The molecule has 0 spiro atoms. The van der Waals surface area contributed by atoms with Crippen molar-refractivity contribution in [2.24, 2.45) is 11.8 Å². The van der Waals surface area contributed by atoms with Gasteiger partial charge >= 0.3 is 0 Å². The molecular weight excluding hydrogens is 398 g/mol. The Morgan fingerprint density at radius 2 is 2.03 bits per heavy atom. The molecule has 0 radical (unpaired) electrons. The maximum absolute atomic E-state index is 13.2. The van der Waals surface area contributed by atoms with E-state index in [4.69, 9.17) is 4.84 Å². The van der Waals surface area contributed by atoms with Crippen LogP contribution >= 0.6 is 11.3 Å². The first-order valence-electron chi connectivity index (χ1n) is 10.8. The standard InChI is InChI=1S/C22H27N5O2S/c1-14-23-21-12-17(7-9-26(21)25-14)11-16-3-5-18(6-4-16)22(28)27-20(8-10-29-27)19-13-30-15(2)24-19/h7,9,12-13,16,18,20H,3-6,8,10-11H2,1-2H3/t16-,18-,20-/m0/s1. The summed E-state index contributed by atoms with van der Waals surface area (Å²) in [6.45, 7) is 4.50. The molecule has 1 saturated carbocycles. The molecule has 8 heteroatoms. The monoisotopic (exact) mass is 425 g/mol. The summed E-state index contributed by atoms with van der Waals surface area (Å²) in [4.78, 5) is 28.0. The average Bonchev–Trinajstić information content (AvgIpc) is 3.46. The number of nitrogens with zero attached hydrogens (tertiary/aromatic N) is 5. The zero-order valence-corrected chi connectivity index (χ0v) is 18.3. The lowest BCUT2D eigenvalue weighted by atomic mass is 9.79. The molecule has 7 nitrogen and oxygen atoms in total. The topological polar surface area (TPSA) is 72.6 Å². The van der Waals surface area contributed by atoms with Crippen LogP contribution in [0.25, 0.3) is 5.65 Å². The fourth-order valence-corrected chi connectivity index (χ4v) is 5.44. The van der Waals surface area contributed by atoms with Gasteiger partial charge in [0.15, 0.2) is 5.65 Å². The number of rotatable bonds is 4. The van der Waals surface area contributed by atoms with Crippen molar-refractivity contribution >= 4 is 22.9 Å². The number of amides is 1. The molecule has 0 aromatic carbocycles. The number of fused-ring (bicyclic) bond motifs is 1. The molecule has 2 fully saturated rings. The zero-order chi connectivity index (χ0) is 20.7. The second-order valence-electron chi connectivity index (χ2n) is 8.51. The number of aryl methyl sites for hydroxylation is 2. The smallest absolute Gasteiger partial charge is 0.249 e. The largest absolute Gasteiger partial charge is 0.272 e. The van der Waals surface area contributed by atoms with Crippen LogP contribution in [0.3, 0.4) is 0 Å². The molecule has 30 heavy (non-hydrogen) atoms. The molecule has 3 aromatic rings. The molecule has 0 N–H and O–H groups in total. The number of hydroxylamine groups is 2. The summed E-state index contributed by atoms with van der Waals surface area (Å²) in [6.07, 6.45) is 7.85. The van der Waals surface area contributed by atoms with Crippen molar-refractivity contribution in [2.45, 2.75) is 58.4 Å². The molecule has 4 heterocycles. The van der Waals surface area contributed by atoms with E-state index in [-0.39, 0.29) is 17.9 Å². The Balaban J connectivity index is 1.19. The van der Waals surface area contributed by atoms with Gasteiger partial charge in [-0.05, 0) is 69.6 Å². The maximum atomic E-state index is 13.2. The summed E-state index contributed by atoms with van der Waals surface area (Å²) in [6, 6.07) is 4.24. The Morgan fingerprint density at radius 1 is 1.20 bits per heavy atom. The second-order valence-corrected chi connectivity index (χ2v) is 9.57. The predicted octanol–water partition coefficient (Wildman–Crippen LogP) is 4.06. The highest BCUT2D eigenvalue weighted by molar-refractivity contribution is 7.09. The van der Waals surface area contributed by atoms with Gasteiger partial charge in [0.1, 0.15) is 11.9 Å². The van der Waals surface area contributed by atoms with Gasteiger partial charge in [-0.2, -0.15) is 5.10 Å².